The molecule has 0 aliphatic heterocycles. The van der Waals surface area contributed by atoms with Crippen LogP contribution in [0.5, 0.6) is 0 Å². The van der Waals surface area contributed by atoms with Gasteiger partial charge in [0.25, 0.3) is 0 Å². The van der Waals surface area contributed by atoms with Gasteiger partial charge in [-0.3, -0.25) is 4.98 Å². The number of benzene rings is 6. The van der Waals surface area contributed by atoms with Crippen LogP contribution in [0.1, 0.15) is 0 Å². The molecule has 0 radical (unpaired) electrons. The Kier molecular flexibility index (Phi) is 6.39. The van der Waals surface area contributed by atoms with Crippen LogP contribution in [-0.4, -0.2) is 24.5 Å². The first-order valence-electron chi connectivity index (χ1n) is 16.6. The lowest BCUT2D eigenvalue weighted by molar-refractivity contribution is 0.673. The van der Waals surface area contributed by atoms with Gasteiger partial charge in [-0.1, -0.05) is 97.1 Å². The first kappa shape index (κ1) is 28.1. The third-order valence-corrected chi connectivity index (χ3v) is 9.30. The molecule has 0 spiro atoms. The van der Waals surface area contributed by atoms with Crippen molar-refractivity contribution in [2.75, 3.05) is 0 Å². The molecule has 10 aromatic rings. The minimum atomic E-state index is 0.510. The number of hydrogen-bond donors (Lipinski definition) is 0. The van der Waals surface area contributed by atoms with Gasteiger partial charge in [0, 0.05) is 39.2 Å². The first-order valence-corrected chi connectivity index (χ1v) is 16.6. The summed E-state index contributed by atoms with van der Waals surface area (Å²) in [7, 11) is 0. The highest BCUT2D eigenvalue weighted by atomic mass is 16.3. The molecule has 6 aromatic carbocycles. The third kappa shape index (κ3) is 4.58. The van der Waals surface area contributed by atoms with Crippen molar-refractivity contribution >= 4 is 43.7 Å². The summed E-state index contributed by atoms with van der Waals surface area (Å²) in [5, 5.41) is 4.35. The van der Waals surface area contributed by atoms with Crippen LogP contribution < -0.4 is 0 Å². The van der Waals surface area contributed by atoms with Crippen LogP contribution in [0.25, 0.3) is 94.9 Å². The van der Waals surface area contributed by atoms with E-state index in [0.717, 1.165) is 71.7 Å². The molecule has 0 bridgehead atoms. The Morgan fingerprint density at radius 2 is 1.12 bits per heavy atom. The predicted molar refractivity (Wildman–Crippen MR) is 201 cm³/mol. The monoisotopic (exact) mass is 641 g/mol. The lowest BCUT2D eigenvalue weighted by atomic mass is 10.0. The number of aromatic nitrogens is 5. The van der Waals surface area contributed by atoms with E-state index in [1.165, 1.54) is 0 Å². The molecule has 4 heterocycles. The van der Waals surface area contributed by atoms with E-state index in [4.69, 9.17) is 19.4 Å². The van der Waals surface area contributed by atoms with Crippen molar-refractivity contribution in [2.24, 2.45) is 0 Å². The summed E-state index contributed by atoms with van der Waals surface area (Å²) in [6.07, 6.45) is 1.75. The summed E-state index contributed by atoms with van der Waals surface area (Å²) in [5.74, 6) is 1.64. The van der Waals surface area contributed by atoms with Crippen LogP contribution in [0.4, 0.5) is 0 Å². The third-order valence-electron chi connectivity index (χ3n) is 9.30. The van der Waals surface area contributed by atoms with Gasteiger partial charge in [0.05, 0.1) is 16.4 Å². The zero-order valence-corrected chi connectivity index (χ0v) is 26.7. The molecule has 0 N–H and O–H groups in total. The number of furan rings is 1. The van der Waals surface area contributed by atoms with Gasteiger partial charge in [-0.25, -0.2) is 15.0 Å². The van der Waals surface area contributed by atoms with Crippen LogP contribution in [0.3, 0.4) is 0 Å². The summed E-state index contributed by atoms with van der Waals surface area (Å²) in [5.41, 5.74) is 9.62. The molecule has 6 heteroatoms. The quantitative estimate of drug-likeness (QED) is 0.187. The van der Waals surface area contributed by atoms with E-state index >= 15 is 0 Å². The number of fused-ring (bicyclic) bond motifs is 7. The largest absolute Gasteiger partial charge is 0.455 e. The second-order valence-electron chi connectivity index (χ2n) is 12.3. The zero-order valence-electron chi connectivity index (χ0n) is 26.7. The average Bonchev–Trinajstić information content (AvgIpc) is 3.74. The minimum absolute atomic E-state index is 0.510. The van der Waals surface area contributed by atoms with Crippen molar-refractivity contribution < 1.29 is 4.42 Å². The highest BCUT2D eigenvalue weighted by Crippen LogP contribution is 2.41. The van der Waals surface area contributed by atoms with Gasteiger partial charge < -0.3 is 8.98 Å². The molecule has 50 heavy (non-hydrogen) atoms. The highest BCUT2D eigenvalue weighted by Gasteiger charge is 2.20. The van der Waals surface area contributed by atoms with Crippen LogP contribution in [0.2, 0.25) is 0 Å². The van der Waals surface area contributed by atoms with E-state index in [0.29, 0.717) is 23.2 Å². The second kappa shape index (κ2) is 11.4. The lowest BCUT2D eigenvalue weighted by Gasteiger charge is -2.09. The molecule has 0 saturated heterocycles. The Balaban J connectivity index is 1.16. The maximum Gasteiger partial charge on any atom is 0.182 e. The van der Waals surface area contributed by atoms with Gasteiger partial charge in [-0.15, -0.1) is 0 Å². The zero-order chi connectivity index (χ0) is 33.0. The Hall–Kier alpha value is -6.92. The van der Waals surface area contributed by atoms with Crippen LogP contribution in [0.15, 0.2) is 168 Å². The van der Waals surface area contributed by atoms with E-state index in [1.54, 1.807) is 6.20 Å². The van der Waals surface area contributed by atoms with Gasteiger partial charge in [-0.05, 0) is 71.8 Å². The maximum absolute atomic E-state index is 6.78. The normalized spacial score (nSPS) is 11.6. The first-order chi connectivity index (χ1) is 24.8. The summed E-state index contributed by atoms with van der Waals surface area (Å²) >= 11 is 0. The Morgan fingerprint density at radius 3 is 1.94 bits per heavy atom. The summed E-state index contributed by atoms with van der Waals surface area (Å²) in [6.45, 7) is 0. The van der Waals surface area contributed by atoms with E-state index in [-0.39, 0.29) is 0 Å². The van der Waals surface area contributed by atoms with Crippen molar-refractivity contribution in [3.8, 4) is 51.1 Å². The maximum atomic E-state index is 6.78. The number of pyridine rings is 1. The van der Waals surface area contributed by atoms with Crippen molar-refractivity contribution in [2.45, 2.75) is 0 Å². The molecule has 0 fully saturated rings. The lowest BCUT2D eigenvalue weighted by Crippen LogP contribution is -2.01. The Morgan fingerprint density at radius 1 is 0.440 bits per heavy atom. The Bertz CT molecular complexity index is 2860. The standard InChI is InChI=1S/C44H27N5O/c1-3-12-28(13-4-1)29-14-11-15-30(26-29)42-46-43(48-44(47-42)36-19-9-10-25-45-36)31-21-22-33-34-23-24-38-40(41(34)50-39(33)27-31)35-18-7-8-20-37(35)49(38)32-16-5-2-6-17-32/h1-27H. The number of rotatable bonds is 5. The van der Waals surface area contributed by atoms with Gasteiger partial charge >= 0.3 is 0 Å². The van der Waals surface area contributed by atoms with E-state index in [9.17, 15) is 0 Å². The van der Waals surface area contributed by atoms with Gasteiger partial charge in [0.1, 0.15) is 16.9 Å². The predicted octanol–water partition coefficient (Wildman–Crippen LogP) is 10.9. The molecule has 234 valence electrons. The fraction of sp³-hybridized carbons (Fsp3) is 0. The van der Waals surface area contributed by atoms with E-state index in [2.05, 4.69) is 107 Å². The number of hydrogen-bond acceptors (Lipinski definition) is 5. The van der Waals surface area contributed by atoms with Gasteiger partial charge in [-0.2, -0.15) is 0 Å². The fourth-order valence-corrected chi connectivity index (χ4v) is 6.99. The average molecular weight is 642 g/mol. The van der Waals surface area contributed by atoms with Crippen molar-refractivity contribution in [1.82, 2.24) is 24.5 Å². The van der Waals surface area contributed by atoms with Crippen LogP contribution in [0, 0.1) is 0 Å². The van der Waals surface area contributed by atoms with Crippen molar-refractivity contribution in [1.29, 1.82) is 0 Å². The second-order valence-corrected chi connectivity index (χ2v) is 12.3. The van der Waals surface area contributed by atoms with Crippen LogP contribution >= 0.6 is 0 Å². The van der Waals surface area contributed by atoms with Crippen molar-refractivity contribution in [3.05, 3.63) is 164 Å². The Labute approximate surface area is 287 Å². The molecule has 0 aliphatic carbocycles. The molecular formula is C44H27N5O. The SMILES string of the molecule is c1ccc(-c2cccc(-c3nc(-c4ccc5c(c4)oc4c5ccc5c4c4ccccc4n5-c4ccccc4)nc(-c4ccccn4)n3)c2)cc1. The summed E-state index contributed by atoms with van der Waals surface area (Å²) in [4.78, 5) is 19.4. The fourth-order valence-electron chi connectivity index (χ4n) is 6.99. The van der Waals surface area contributed by atoms with Crippen LogP contribution in [-0.2, 0) is 0 Å². The molecule has 4 aromatic heterocycles. The molecule has 0 amide bonds. The molecule has 6 nitrogen and oxygen atoms in total. The van der Waals surface area contributed by atoms with Crippen molar-refractivity contribution in [3.63, 3.8) is 0 Å². The highest BCUT2D eigenvalue weighted by molar-refractivity contribution is 6.24. The molecule has 10 rings (SSSR count). The molecule has 0 aliphatic rings. The summed E-state index contributed by atoms with van der Waals surface area (Å²) in [6, 6.07) is 53.9. The van der Waals surface area contributed by atoms with Gasteiger partial charge in [0.2, 0.25) is 0 Å². The smallest absolute Gasteiger partial charge is 0.182 e. The molecule has 0 atom stereocenters. The molecular weight excluding hydrogens is 615 g/mol. The number of para-hydroxylation sites is 2. The minimum Gasteiger partial charge on any atom is -0.455 e. The van der Waals surface area contributed by atoms with E-state index < -0.39 is 0 Å². The van der Waals surface area contributed by atoms with E-state index in [1.807, 2.05) is 60.7 Å². The molecule has 0 saturated carbocycles. The molecule has 0 unspecified atom stereocenters. The number of nitrogens with zero attached hydrogens (tertiary/aromatic N) is 5. The topological polar surface area (TPSA) is 69.6 Å². The summed E-state index contributed by atoms with van der Waals surface area (Å²) < 4.78 is 9.09. The van der Waals surface area contributed by atoms with Gasteiger partial charge in [0.15, 0.2) is 17.5 Å².